The molecule has 1 fully saturated rings. The summed E-state index contributed by atoms with van der Waals surface area (Å²) in [5.74, 6) is 1.42. The Morgan fingerprint density at radius 3 is 2.84 bits per heavy atom. The van der Waals surface area contributed by atoms with Gasteiger partial charge in [0.1, 0.15) is 11.3 Å². The first-order chi connectivity index (χ1) is 9.11. The van der Waals surface area contributed by atoms with Crippen molar-refractivity contribution in [2.75, 3.05) is 20.1 Å². The second-order valence-corrected chi connectivity index (χ2v) is 5.74. The molecule has 3 heterocycles. The number of aryl methyl sites for hydroxylation is 2. The summed E-state index contributed by atoms with van der Waals surface area (Å²) in [5, 5.41) is 4.48. The zero-order valence-electron chi connectivity index (χ0n) is 11.7. The Morgan fingerprint density at radius 2 is 2.16 bits per heavy atom. The topological polar surface area (TPSA) is 38.9 Å². The van der Waals surface area contributed by atoms with Crippen LogP contribution in [0.5, 0.6) is 0 Å². The van der Waals surface area contributed by atoms with Gasteiger partial charge < -0.3 is 9.47 Å². The molecule has 0 spiro atoms. The number of imidazole rings is 1. The van der Waals surface area contributed by atoms with E-state index in [9.17, 15) is 0 Å². The molecule has 0 radical (unpaired) electrons. The number of likely N-dealkylation sites (tertiary alicyclic amines) is 1. The predicted octanol–water partition coefficient (Wildman–Crippen LogP) is 2.08. The Morgan fingerprint density at radius 1 is 1.37 bits per heavy atom. The van der Waals surface area contributed by atoms with Crippen LogP contribution in [0.4, 0.5) is 0 Å². The third kappa shape index (κ3) is 2.05. The van der Waals surface area contributed by atoms with Crippen LogP contribution in [0.15, 0.2) is 0 Å². The van der Waals surface area contributed by atoms with Gasteiger partial charge in [-0.1, -0.05) is 0 Å². The smallest absolute Gasteiger partial charge is 0.159 e. The molecule has 19 heavy (non-hydrogen) atoms. The summed E-state index contributed by atoms with van der Waals surface area (Å²) >= 11 is 6.09. The molecule has 3 rings (SSSR count). The normalized spacial score (nSPS) is 21.4. The number of piperidine rings is 1. The first-order valence-corrected chi connectivity index (χ1v) is 7.30. The fourth-order valence-electron chi connectivity index (χ4n) is 3.17. The molecule has 2 aromatic heterocycles. The van der Waals surface area contributed by atoms with Crippen molar-refractivity contribution in [1.29, 1.82) is 0 Å². The second kappa shape index (κ2) is 4.80. The van der Waals surface area contributed by atoms with Gasteiger partial charge in [-0.15, -0.1) is 11.6 Å². The van der Waals surface area contributed by atoms with E-state index < -0.39 is 0 Å². The van der Waals surface area contributed by atoms with Crippen LogP contribution in [0, 0.1) is 6.92 Å². The van der Waals surface area contributed by atoms with Crippen LogP contribution >= 0.6 is 11.6 Å². The summed E-state index contributed by atoms with van der Waals surface area (Å²) in [5.41, 5.74) is 3.08. The molecule has 0 N–H and O–H groups in total. The number of nitrogens with zero attached hydrogens (tertiary/aromatic N) is 5. The largest absolute Gasteiger partial charge is 0.307 e. The van der Waals surface area contributed by atoms with Crippen LogP contribution in [0.25, 0.3) is 11.2 Å². The van der Waals surface area contributed by atoms with Crippen LogP contribution in [0.3, 0.4) is 0 Å². The maximum Gasteiger partial charge on any atom is 0.159 e. The van der Waals surface area contributed by atoms with Crippen LogP contribution in [0.1, 0.15) is 30.4 Å². The maximum atomic E-state index is 6.09. The average molecular weight is 282 g/mol. The minimum absolute atomic E-state index is 0.451. The third-order valence-electron chi connectivity index (χ3n) is 3.99. The number of rotatable bonds is 2. The average Bonchev–Trinajstić information content (AvgIpc) is 2.88. The van der Waals surface area contributed by atoms with Crippen molar-refractivity contribution in [1.82, 2.24) is 24.2 Å². The minimum atomic E-state index is 0.451. The maximum absolute atomic E-state index is 6.09. The van der Waals surface area contributed by atoms with Crippen LogP contribution in [0.2, 0.25) is 0 Å². The number of hydrogen-bond acceptors (Lipinski definition) is 3. The second-order valence-electron chi connectivity index (χ2n) is 5.47. The summed E-state index contributed by atoms with van der Waals surface area (Å²) in [7, 11) is 4.16. The molecular formula is C13H20ClN5. The lowest BCUT2D eigenvalue weighted by molar-refractivity contribution is 0.212. The Kier molecular flexibility index (Phi) is 3.27. The molecule has 0 amide bonds. The number of aromatic nitrogens is 4. The van der Waals surface area contributed by atoms with Gasteiger partial charge in [0, 0.05) is 19.6 Å². The van der Waals surface area contributed by atoms with Gasteiger partial charge in [0.15, 0.2) is 5.65 Å². The summed E-state index contributed by atoms with van der Waals surface area (Å²) in [4.78, 5) is 7.06. The summed E-state index contributed by atoms with van der Waals surface area (Å²) in [6, 6.07) is 0.451. The quantitative estimate of drug-likeness (QED) is 0.791. The lowest BCUT2D eigenvalue weighted by Gasteiger charge is -2.31. The van der Waals surface area contributed by atoms with Crippen LogP contribution < -0.4 is 0 Å². The Hall–Kier alpha value is -1.07. The highest BCUT2D eigenvalue weighted by Gasteiger charge is 2.25. The van der Waals surface area contributed by atoms with Gasteiger partial charge in [0.2, 0.25) is 0 Å². The predicted molar refractivity (Wildman–Crippen MR) is 76.6 cm³/mol. The van der Waals surface area contributed by atoms with E-state index in [-0.39, 0.29) is 0 Å². The molecule has 0 saturated carbocycles. The van der Waals surface area contributed by atoms with E-state index in [1.54, 1.807) is 0 Å². The number of fused-ring (bicyclic) bond motifs is 1. The first kappa shape index (κ1) is 12.9. The van der Waals surface area contributed by atoms with Gasteiger partial charge in [-0.2, -0.15) is 5.10 Å². The summed E-state index contributed by atoms with van der Waals surface area (Å²) < 4.78 is 4.24. The van der Waals surface area contributed by atoms with E-state index in [4.69, 9.17) is 11.6 Å². The zero-order chi connectivity index (χ0) is 13.6. The summed E-state index contributed by atoms with van der Waals surface area (Å²) in [6.45, 7) is 4.24. The summed E-state index contributed by atoms with van der Waals surface area (Å²) in [6.07, 6.45) is 2.41. The van der Waals surface area contributed by atoms with Gasteiger partial charge >= 0.3 is 0 Å². The van der Waals surface area contributed by atoms with E-state index in [0.29, 0.717) is 11.9 Å². The highest BCUT2D eigenvalue weighted by molar-refractivity contribution is 6.16. The molecule has 0 aliphatic carbocycles. The Balaban J connectivity index is 2.14. The van der Waals surface area contributed by atoms with Gasteiger partial charge in [-0.25, -0.2) is 4.98 Å². The SMILES string of the molecule is Cc1nn(C)c2c1nc(CCl)n2C1CCCN(C)C1. The van der Waals surface area contributed by atoms with Crippen molar-refractivity contribution in [2.45, 2.75) is 31.7 Å². The van der Waals surface area contributed by atoms with E-state index in [0.717, 1.165) is 29.2 Å². The number of likely N-dealkylation sites (N-methyl/N-ethyl adjacent to an activating group) is 1. The lowest BCUT2D eigenvalue weighted by atomic mass is 10.1. The van der Waals surface area contributed by atoms with Crippen LogP contribution in [-0.4, -0.2) is 44.4 Å². The molecular weight excluding hydrogens is 262 g/mol. The molecule has 2 aromatic rings. The van der Waals surface area contributed by atoms with E-state index in [1.807, 2.05) is 18.7 Å². The van der Waals surface area contributed by atoms with Gasteiger partial charge in [-0.05, 0) is 33.4 Å². The molecule has 0 bridgehead atoms. The Bertz CT molecular complexity index is 600. The third-order valence-corrected chi connectivity index (χ3v) is 4.23. The van der Waals surface area contributed by atoms with Gasteiger partial charge in [0.05, 0.1) is 11.6 Å². The van der Waals surface area contributed by atoms with Crippen LogP contribution in [-0.2, 0) is 12.9 Å². The lowest BCUT2D eigenvalue weighted by Crippen LogP contribution is -2.34. The van der Waals surface area contributed by atoms with Crippen molar-refractivity contribution in [2.24, 2.45) is 7.05 Å². The molecule has 104 valence electrons. The van der Waals surface area contributed by atoms with Crippen molar-refractivity contribution in [3.05, 3.63) is 11.5 Å². The molecule has 1 aliphatic rings. The van der Waals surface area contributed by atoms with Crippen molar-refractivity contribution < 1.29 is 0 Å². The standard InChI is InChI=1S/C13H20ClN5/c1-9-12-13(18(3)16-9)19(11(7-14)15-12)10-5-4-6-17(2)8-10/h10H,4-8H2,1-3H3. The fourth-order valence-corrected chi connectivity index (χ4v) is 3.36. The highest BCUT2D eigenvalue weighted by atomic mass is 35.5. The number of alkyl halides is 1. The number of halogens is 1. The molecule has 1 unspecified atom stereocenters. The Labute approximate surface area is 118 Å². The van der Waals surface area contributed by atoms with E-state index in [1.165, 1.54) is 19.4 Å². The monoisotopic (exact) mass is 281 g/mol. The fraction of sp³-hybridized carbons (Fsp3) is 0.692. The van der Waals surface area contributed by atoms with E-state index >= 15 is 0 Å². The van der Waals surface area contributed by atoms with Crippen molar-refractivity contribution >= 4 is 22.8 Å². The number of hydrogen-bond donors (Lipinski definition) is 0. The molecule has 5 nitrogen and oxygen atoms in total. The zero-order valence-corrected chi connectivity index (χ0v) is 12.5. The van der Waals surface area contributed by atoms with Crippen molar-refractivity contribution in [3.8, 4) is 0 Å². The molecule has 1 aliphatic heterocycles. The van der Waals surface area contributed by atoms with Gasteiger partial charge in [-0.3, -0.25) is 4.68 Å². The molecule has 0 aromatic carbocycles. The molecule has 1 atom stereocenters. The minimum Gasteiger partial charge on any atom is -0.307 e. The molecule has 6 heteroatoms. The van der Waals surface area contributed by atoms with Crippen molar-refractivity contribution in [3.63, 3.8) is 0 Å². The van der Waals surface area contributed by atoms with E-state index in [2.05, 4.69) is 26.6 Å². The first-order valence-electron chi connectivity index (χ1n) is 6.76. The highest BCUT2D eigenvalue weighted by Crippen LogP contribution is 2.29. The molecule has 1 saturated heterocycles. The van der Waals surface area contributed by atoms with Gasteiger partial charge in [0.25, 0.3) is 0 Å².